The van der Waals surface area contributed by atoms with Crippen molar-refractivity contribution in [3.8, 4) is 5.75 Å². The van der Waals surface area contributed by atoms with Crippen LogP contribution in [0.15, 0.2) is 42.1 Å². The number of ether oxygens (including phenoxy) is 1. The molecule has 1 N–H and O–H groups in total. The Morgan fingerprint density at radius 3 is 2.81 bits per heavy atom. The number of hydrogen-bond donors (Lipinski definition) is 1. The lowest BCUT2D eigenvalue weighted by Crippen LogP contribution is -2.35. The fraction of sp³-hybridized carbons (Fsp3) is 0.294. The highest BCUT2D eigenvalue weighted by Crippen LogP contribution is 2.20. The molecule has 0 radical (unpaired) electrons. The molecule has 1 aromatic carbocycles. The summed E-state index contributed by atoms with van der Waals surface area (Å²) < 4.78 is 20.3. The highest BCUT2D eigenvalue weighted by molar-refractivity contribution is 7.99. The van der Waals surface area contributed by atoms with E-state index in [0.29, 0.717) is 36.4 Å². The number of carbonyl (C=O) groups excluding carboxylic acids is 2. The summed E-state index contributed by atoms with van der Waals surface area (Å²) in [6.07, 6.45) is 1.69. The maximum atomic E-state index is 13.0. The molecule has 1 aliphatic heterocycles. The van der Waals surface area contributed by atoms with E-state index >= 15 is 0 Å². The third-order valence-electron chi connectivity index (χ3n) is 3.77. The van der Waals surface area contributed by atoms with Gasteiger partial charge in [-0.05, 0) is 24.3 Å². The van der Waals surface area contributed by atoms with E-state index in [1.54, 1.807) is 10.6 Å². The number of rotatable bonds is 8. The van der Waals surface area contributed by atoms with Crippen LogP contribution in [0.5, 0.6) is 5.75 Å². The number of allylic oxidation sites excluding steroid dienone is 1. The van der Waals surface area contributed by atoms with E-state index in [0.717, 1.165) is 0 Å². The Kier molecular flexibility index (Phi) is 6.07. The molecule has 2 heterocycles. The maximum absolute atomic E-state index is 13.0. The van der Waals surface area contributed by atoms with E-state index in [9.17, 15) is 14.0 Å². The van der Waals surface area contributed by atoms with Crippen LogP contribution in [0.4, 0.5) is 9.18 Å². The summed E-state index contributed by atoms with van der Waals surface area (Å²) in [5.74, 6) is 0.503. The standard InChI is InChI=1S/C17H18FN5O3S/c1-2-8-22-14(10-26-13-5-3-12(18)4-6-13)20-21-17(22)27-11-15(24)23-9-7-19-16(23)25/h2-6H,1,7-11H2,(H,19,25). The molecule has 3 amide bonds. The summed E-state index contributed by atoms with van der Waals surface area (Å²) in [6.45, 7) is 5.13. The van der Waals surface area contributed by atoms with Crippen LogP contribution in [0.3, 0.4) is 0 Å². The van der Waals surface area contributed by atoms with Gasteiger partial charge in [0.15, 0.2) is 11.0 Å². The van der Waals surface area contributed by atoms with Crippen LogP contribution in [-0.2, 0) is 17.9 Å². The summed E-state index contributed by atoms with van der Waals surface area (Å²) in [4.78, 5) is 24.9. The number of carbonyl (C=O) groups is 2. The predicted octanol–water partition coefficient (Wildman–Crippen LogP) is 1.83. The number of nitrogens with one attached hydrogen (secondary N) is 1. The third-order valence-corrected chi connectivity index (χ3v) is 4.72. The van der Waals surface area contributed by atoms with Crippen LogP contribution < -0.4 is 10.1 Å². The predicted molar refractivity (Wildman–Crippen MR) is 96.8 cm³/mol. The SMILES string of the molecule is C=CCn1c(COc2ccc(F)cc2)nnc1SCC(=O)N1CCNC1=O. The molecule has 1 aromatic heterocycles. The highest BCUT2D eigenvalue weighted by atomic mass is 32.2. The molecular formula is C17H18FN5O3S. The smallest absolute Gasteiger partial charge is 0.324 e. The second-order valence-electron chi connectivity index (χ2n) is 5.61. The third kappa shape index (κ3) is 4.64. The molecule has 0 saturated carbocycles. The van der Waals surface area contributed by atoms with Gasteiger partial charge in [0.2, 0.25) is 5.91 Å². The van der Waals surface area contributed by atoms with Gasteiger partial charge in [-0.2, -0.15) is 0 Å². The van der Waals surface area contributed by atoms with Crippen molar-refractivity contribution < 1.29 is 18.7 Å². The minimum atomic E-state index is -0.374. The lowest BCUT2D eigenvalue weighted by atomic mass is 10.3. The van der Waals surface area contributed by atoms with E-state index < -0.39 is 0 Å². The largest absolute Gasteiger partial charge is 0.486 e. The number of nitrogens with zero attached hydrogens (tertiary/aromatic N) is 4. The Balaban J connectivity index is 1.63. The van der Waals surface area contributed by atoms with Crippen LogP contribution in [0, 0.1) is 5.82 Å². The molecule has 0 atom stereocenters. The first-order valence-corrected chi connectivity index (χ1v) is 9.19. The second kappa shape index (κ2) is 8.67. The number of halogens is 1. The van der Waals surface area contributed by atoms with Gasteiger partial charge in [0.1, 0.15) is 18.2 Å². The van der Waals surface area contributed by atoms with Crippen LogP contribution in [0.2, 0.25) is 0 Å². The molecule has 8 nitrogen and oxygen atoms in total. The second-order valence-corrected chi connectivity index (χ2v) is 6.55. The van der Waals surface area contributed by atoms with E-state index in [1.807, 2.05) is 0 Å². The lowest BCUT2D eigenvalue weighted by Gasteiger charge is -2.12. The average Bonchev–Trinajstić information content (AvgIpc) is 3.26. The van der Waals surface area contributed by atoms with Gasteiger partial charge >= 0.3 is 6.03 Å². The molecule has 3 rings (SSSR count). The number of hydrogen-bond acceptors (Lipinski definition) is 6. The molecule has 0 unspecified atom stereocenters. The molecule has 2 aromatic rings. The van der Waals surface area contributed by atoms with Crippen molar-refractivity contribution in [1.29, 1.82) is 0 Å². The zero-order valence-electron chi connectivity index (χ0n) is 14.4. The van der Waals surface area contributed by atoms with E-state index in [2.05, 4.69) is 22.1 Å². The first kappa shape index (κ1) is 18.9. The number of amides is 3. The molecule has 10 heteroatoms. The van der Waals surface area contributed by atoms with Gasteiger partial charge in [0, 0.05) is 19.6 Å². The molecule has 1 saturated heterocycles. The molecule has 0 spiro atoms. The van der Waals surface area contributed by atoms with Gasteiger partial charge in [-0.15, -0.1) is 16.8 Å². The number of urea groups is 1. The summed E-state index contributed by atoms with van der Waals surface area (Å²) in [6, 6.07) is 5.30. The number of benzene rings is 1. The first-order valence-electron chi connectivity index (χ1n) is 8.21. The summed E-state index contributed by atoms with van der Waals surface area (Å²) in [5, 5.41) is 11.3. The van der Waals surface area contributed by atoms with Gasteiger partial charge in [-0.1, -0.05) is 17.8 Å². The first-order chi connectivity index (χ1) is 13.1. The van der Waals surface area contributed by atoms with Gasteiger partial charge < -0.3 is 10.1 Å². The van der Waals surface area contributed by atoms with E-state index in [-0.39, 0.29) is 30.1 Å². The number of imide groups is 1. The Hall–Kier alpha value is -2.88. The van der Waals surface area contributed by atoms with Crippen molar-refractivity contribution in [2.45, 2.75) is 18.3 Å². The van der Waals surface area contributed by atoms with Gasteiger partial charge in [-0.25, -0.2) is 9.18 Å². The zero-order valence-corrected chi connectivity index (χ0v) is 15.2. The molecule has 1 fully saturated rings. The fourth-order valence-electron chi connectivity index (χ4n) is 2.44. The summed E-state index contributed by atoms with van der Waals surface area (Å²) >= 11 is 1.19. The Morgan fingerprint density at radius 2 is 2.15 bits per heavy atom. The van der Waals surface area contributed by atoms with Crippen molar-refractivity contribution >= 4 is 23.7 Å². The Labute approximate surface area is 159 Å². The van der Waals surface area contributed by atoms with Crippen molar-refractivity contribution in [2.75, 3.05) is 18.8 Å². The van der Waals surface area contributed by atoms with Crippen molar-refractivity contribution in [3.05, 3.63) is 48.6 Å². The van der Waals surface area contributed by atoms with Crippen molar-refractivity contribution in [1.82, 2.24) is 25.0 Å². The molecule has 0 bridgehead atoms. The molecule has 142 valence electrons. The quantitative estimate of drug-likeness (QED) is 0.545. The molecular weight excluding hydrogens is 373 g/mol. The van der Waals surface area contributed by atoms with E-state index in [1.165, 1.54) is 40.9 Å². The zero-order chi connectivity index (χ0) is 19.2. The molecule has 1 aliphatic rings. The van der Waals surface area contributed by atoms with Crippen molar-refractivity contribution in [2.24, 2.45) is 0 Å². The fourth-order valence-corrected chi connectivity index (χ4v) is 3.28. The summed E-state index contributed by atoms with van der Waals surface area (Å²) in [7, 11) is 0. The van der Waals surface area contributed by atoms with Crippen LogP contribution >= 0.6 is 11.8 Å². The molecule has 0 aliphatic carbocycles. The number of aromatic nitrogens is 3. The minimum absolute atomic E-state index is 0.0709. The van der Waals surface area contributed by atoms with Gasteiger partial charge in [0.05, 0.1) is 5.75 Å². The number of thioether (sulfide) groups is 1. The van der Waals surface area contributed by atoms with Gasteiger partial charge in [-0.3, -0.25) is 14.3 Å². The monoisotopic (exact) mass is 391 g/mol. The maximum Gasteiger partial charge on any atom is 0.324 e. The van der Waals surface area contributed by atoms with Crippen molar-refractivity contribution in [3.63, 3.8) is 0 Å². The Bertz CT molecular complexity index is 840. The summed E-state index contributed by atoms with van der Waals surface area (Å²) in [5.41, 5.74) is 0. The van der Waals surface area contributed by atoms with Crippen LogP contribution in [0.25, 0.3) is 0 Å². The molecule has 27 heavy (non-hydrogen) atoms. The Morgan fingerprint density at radius 1 is 1.37 bits per heavy atom. The normalized spacial score (nSPS) is 13.5. The van der Waals surface area contributed by atoms with Crippen LogP contribution in [0.1, 0.15) is 5.82 Å². The highest BCUT2D eigenvalue weighted by Gasteiger charge is 2.26. The topological polar surface area (TPSA) is 89.3 Å². The average molecular weight is 391 g/mol. The minimum Gasteiger partial charge on any atom is -0.486 e. The van der Waals surface area contributed by atoms with Crippen LogP contribution in [-0.4, -0.2) is 50.4 Å². The lowest BCUT2D eigenvalue weighted by molar-refractivity contribution is -0.124. The van der Waals surface area contributed by atoms with Gasteiger partial charge in [0.25, 0.3) is 0 Å². The van der Waals surface area contributed by atoms with E-state index in [4.69, 9.17) is 4.74 Å².